The normalized spacial score (nSPS) is 31.9. The summed E-state index contributed by atoms with van der Waals surface area (Å²) in [5.74, 6) is 2.14. The van der Waals surface area contributed by atoms with E-state index >= 15 is 0 Å². The number of nitrogens with two attached hydrogens (primary N) is 1. The van der Waals surface area contributed by atoms with E-state index in [9.17, 15) is 19.9 Å². The Balaban J connectivity index is 1.73. The summed E-state index contributed by atoms with van der Waals surface area (Å²) < 4.78 is 0. The van der Waals surface area contributed by atoms with Crippen molar-refractivity contribution in [3.05, 3.63) is 0 Å². The van der Waals surface area contributed by atoms with Crippen molar-refractivity contribution in [3.8, 4) is 0 Å². The minimum Gasteiger partial charge on any atom is -0.427 e. The number of amides is 1. The first kappa shape index (κ1) is 23.7. The predicted molar refractivity (Wildman–Crippen MR) is 112 cm³/mol. The van der Waals surface area contributed by atoms with Gasteiger partial charge in [0.25, 0.3) is 0 Å². The van der Waals surface area contributed by atoms with Gasteiger partial charge < -0.3 is 26.2 Å². The standard InChI is InChI=1S/C21H41BN2O4/c23-14-16-4-3-7-19(12-16)17(10-11-24-15-25)5-1-2-6-18-8-9-20(22(27)28)13-21(18)26/h15-21,26-28H,1-14,23H2,(H,24,25). The molecular weight excluding hydrogens is 355 g/mol. The van der Waals surface area contributed by atoms with Crippen LogP contribution in [0.5, 0.6) is 0 Å². The Morgan fingerprint density at radius 1 is 1.11 bits per heavy atom. The van der Waals surface area contributed by atoms with Crippen molar-refractivity contribution in [2.75, 3.05) is 13.1 Å². The van der Waals surface area contributed by atoms with Gasteiger partial charge in [-0.1, -0.05) is 38.5 Å². The fourth-order valence-corrected chi connectivity index (χ4v) is 5.58. The fraction of sp³-hybridized carbons (Fsp3) is 0.952. The molecule has 2 fully saturated rings. The molecule has 6 nitrogen and oxygen atoms in total. The van der Waals surface area contributed by atoms with Crippen LogP contribution < -0.4 is 11.1 Å². The first-order chi connectivity index (χ1) is 13.5. The molecule has 1 amide bonds. The maximum atomic E-state index is 10.6. The number of nitrogens with one attached hydrogen (secondary N) is 1. The molecule has 2 aliphatic rings. The third kappa shape index (κ3) is 7.66. The number of hydrogen-bond acceptors (Lipinski definition) is 5. The number of hydrogen-bond donors (Lipinski definition) is 5. The van der Waals surface area contributed by atoms with Gasteiger partial charge in [0.05, 0.1) is 6.10 Å². The Kier molecular flexibility index (Phi) is 10.8. The minimum absolute atomic E-state index is 0.178. The summed E-state index contributed by atoms with van der Waals surface area (Å²) in [6, 6.07) is 0. The molecule has 0 aliphatic heterocycles. The van der Waals surface area contributed by atoms with Crippen LogP contribution in [0.25, 0.3) is 0 Å². The highest BCUT2D eigenvalue weighted by molar-refractivity contribution is 6.43. The van der Waals surface area contributed by atoms with Crippen molar-refractivity contribution < 1.29 is 19.9 Å². The van der Waals surface area contributed by atoms with Crippen LogP contribution in [-0.4, -0.2) is 47.9 Å². The van der Waals surface area contributed by atoms with E-state index in [1.165, 1.54) is 32.1 Å². The van der Waals surface area contributed by atoms with Crippen molar-refractivity contribution in [2.45, 2.75) is 89.0 Å². The van der Waals surface area contributed by atoms with Gasteiger partial charge in [0.15, 0.2) is 0 Å². The van der Waals surface area contributed by atoms with Crippen LogP contribution in [0.4, 0.5) is 0 Å². The summed E-state index contributed by atoms with van der Waals surface area (Å²) in [7, 11) is -1.30. The molecule has 0 aromatic heterocycles. The van der Waals surface area contributed by atoms with Gasteiger partial charge in [-0.15, -0.1) is 0 Å². The van der Waals surface area contributed by atoms with Crippen LogP contribution in [0.2, 0.25) is 5.82 Å². The van der Waals surface area contributed by atoms with Crippen LogP contribution in [-0.2, 0) is 4.79 Å². The van der Waals surface area contributed by atoms with Crippen molar-refractivity contribution in [3.63, 3.8) is 0 Å². The molecule has 6 atom stereocenters. The van der Waals surface area contributed by atoms with E-state index in [2.05, 4.69) is 5.32 Å². The third-order valence-corrected chi connectivity index (χ3v) is 7.38. The van der Waals surface area contributed by atoms with Gasteiger partial charge >= 0.3 is 7.12 Å². The first-order valence-electron chi connectivity index (χ1n) is 11.5. The monoisotopic (exact) mass is 396 g/mol. The first-order valence-corrected chi connectivity index (χ1v) is 11.5. The van der Waals surface area contributed by atoms with E-state index in [0.29, 0.717) is 24.2 Å². The lowest BCUT2D eigenvalue weighted by Crippen LogP contribution is -2.33. The second kappa shape index (κ2) is 12.8. The highest BCUT2D eigenvalue weighted by Gasteiger charge is 2.34. The lowest BCUT2D eigenvalue weighted by atomic mass is 9.62. The Morgan fingerprint density at radius 2 is 1.93 bits per heavy atom. The van der Waals surface area contributed by atoms with E-state index in [0.717, 1.165) is 63.9 Å². The third-order valence-electron chi connectivity index (χ3n) is 7.38. The van der Waals surface area contributed by atoms with Gasteiger partial charge in [0.1, 0.15) is 0 Å². The molecule has 7 heteroatoms. The topological polar surface area (TPSA) is 116 Å². The maximum Gasteiger partial charge on any atom is 0.454 e. The second-order valence-corrected chi connectivity index (χ2v) is 9.25. The van der Waals surface area contributed by atoms with Crippen LogP contribution in [0.3, 0.4) is 0 Å². The summed E-state index contributed by atoms with van der Waals surface area (Å²) in [6.45, 7) is 1.54. The highest BCUT2D eigenvalue weighted by Crippen LogP contribution is 2.39. The van der Waals surface area contributed by atoms with Crippen molar-refractivity contribution in [1.29, 1.82) is 0 Å². The summed E-state index contributed by atoms with van der Waals surface area (Å²) in [4.78, 5) is 10.6. The molecule has 2 aliphatic carbocycles. The van der Waals surface area contributed by atoms with Crippen LogP contribution in [0.1, 0.15) is 77.0 Å². The number of carbonyl (C=O) groups excluding carboxylic acids is 1. The van der Waals surface area contributed by atoms with E-state index < -0.39 is 13.2 Å². The van der Waals surface area contributed by atoms with E-state index in [1.54, 1.807) is 0 Å². The SMILES string of the molecule is NCC1CCCC(C(CCCCC2CCC(B(O)O)CC2O)CCNC=O)C1. The molecule has 6 unspecified atom stereocenters. The maximum absolute atomic E-state index is 10.6. The zero-order valence-corrected chi connectivity index (χ0v) is 17.3. The molecular formula is C21H41BN2O4. The average molecular weight is 396 g/mol. The molecule has 162 valence electrons. The molecule has 0 radical (unpaired) electrons. The summed E-state index contributed by atoms with van der Waals surface area (Å²) in [5.41, 5.74) is 5.92. The van der Waals surface area contributed by atoms with Gasteiger partial charge in [0, 0.05) is 6.54 Å². The van der Waals surface area contributed by atoms with Crippen LogP contribution >= 0.6 is 0 Å². The molecule has 2 saturated carbocycles. The molecule has 0 aromatic carbocycles. The smallest absolute Gasteiger partial charge is 0.427 e. The summed E-state index contributed by atoms with van der Waals surface area (Å²) in [6.07, 6.45) is 13.1. The molecule has 28 heavy (non-hydrogen) atoms. The molecule has 0 saturated heterocycles. The number of unbranched alkanes of at least 4 members (excludes halogenated alkanes) is 1. The minimum atomic E-state index is -1.30. The molecule has 0 bridgehead atoms. The van der Waals surface area contributed by atoms with Gasteiger partial charge in [-0.05, 0) is 74.6 Å². The fourth-order valence-electron chi connectivity index (χ4n) is 5.58. The summed E-state index contributed by atoms with van der Waals surface area (Å²) in [5, 5.41) is 31.8. The van der Waals surface area contributed by atoms with Gasteiger partial charge in [-0.2, -0.15) is 0 Å². The zero-order chi connectivity index (χ0) is 20.4. The highest BCUT2D eigenvalue weighted by atomic mass is 16.4. The predicted octanol–water partition coefficient (Wildman–Crippen LogP) is 2.07. The van der Waals surface area contributed by atoms with Gasteiger partial charge in [-0.25, -0.2) is 0 Å². The Labute approximate surface area is 170 Å². The lowest BCUT2D eigenvalue weighted by Gasteiger charge is -2.35. The summed E-state index contributed by atoms with van der Waals surface area (Å²) >= 11 is 0. The van der Waals surface area contributed by atoms with Crippen molar-refractivity contribution in [1.82, 2.24) is 5.32 Å². The number of aliphatic hydroxyl groups is 1. The lowest BCUT2D eigenvalue weighted by molar-refractivity contribution is -0.109. The van der Waals surface area contributed by atoms with Crippen LogP contribution in [0.15, 0.2) is 0 Å². The number of rotatable bonds is 12. The Hall–Kier alpha value is -0.625. The average Bonchev–Trinajstić information content (AvgIpc) is 2.70. The van der Waals surface area contributed by atoms with Gasteiger partial charge in [0.2, 0.25) is 6.41 Å². The van der Waals surface area contributed by atoms with E-state index in [4.69, 9.17) is 5.73 Å². The van der Waals surface area contributed by atoms with Crippen molar-refractivity contribution >= 4 is 13.5 Å². The van der Waals surface area contributed by atoms with Crippen LogP contribution in [0, 0.1) is 23.7 Å². The molecule has 0 heterocycles. The Bertz CT molecular complexity index is 441. The number of aliphatic hydroxyl groups excluding tert-OH is 1. The number of carbonyl (C=O) groups is 1. The molecule has 6 N–H and O–H groups in total. The largest absolute Gasteiger partial charge is 0.454 e. The van der Waals surface area contributed by atoms with Gasteiger partial charge in [-0.3, -0.25) is 4.79 Å². The van der Waals surface area contributed by atoms with Crippen molar-refractivity contribution in [2.24, 2.45) is 29.4 Å². The quantitative estimate of drug-likeness (QED) is 0.197. The van der Waals surface area contributed by atoms with E-state index in [-0.39, 0.29) is 5.82 Å². The second-order valence-electron chi connectivity index (χ2n) is 9.25. The zero-order valence-electron chi connectivity index (χ0n) is 17.3. The molecule has 0 aromatic rings. The molecule has 2 rings (SSSR count). The Morgan fingerprint density at radius 3 is 2.61 bits per heavy atom. The molecule has 0 spiro atoms. The van der Waals surface area contributed by atoms with E-state index in [1.807, 2.05) is 0 Å².